The quantitative estimate of drug-likeness (QED) is 0.909. The predicted molar refractivity (Wildman–Crippen MR) is 82.6 cm³/mol. The number of likely N-dealkylation sites (tertiary alicyclic amines) is 2. The maximum Gasteiger partial charge on any atom is 0.254 e. The lowest BCUT2D eigenvalue weighted by atomic mass is 10.1. The van der Waals surface area contributed by atoms with Crippen molar-refractivity contribution in [1.29, 1.82) is 0 Å². The van der Waals surface area contributed by atoms with Gasteiger partial charge in [-0.3, -0.25) is 9.69 Å². The fraction of sp³-hybridized carbons (Fsp3) is 0.588. The largest absolute Gasteiger partial charge is 0.508 e. The zero-order valence-corrected chi connectivity index (χ0v) is 12.7. The van der Waals surface area contributed by atoms with E-state index in [0.717, 1.165) is 25.1 Å². The van der Waals surface area contributed by atoms with E-state index in [2.05, 4.69) is 4.90 Å². The van der Waals surface area contributed by atoms with Crippen molar-refractivity contribution in [1.82, 2.24) is 9.80 Å². The van der Waals surface area contributed by atoms with Crippen LogP contribution in [0.1, 0.15) is 41.6 Å². The third-order valence-electron chi connectivity index (χ3n) is 4.80. The average Bonchev–Trinajstić information content (AvgIpc) is 2.97. The number of rotatable bonds is 2. The zero-order valence-electron chi connectivity index (χ0n) is 12.7. The Morgan fingerprint density at radius 2 is 1.95 bits per heavy atom. The molecule has 3 rings (SSSR count). The van der Waals surface area contributed by atoms with Gasteiger partial charge in [0.1, 0.15) is 5.75 Å². The number of phenolic OH excluding ortho intramolecular Hbond substituents is 1. The Kier molecular flexibility index (Phi) is 4.15. The van der Waals surface area contributed by atoms with Gasteiger partial charge in [-0.05, 0) is 63.0 Å². The summed E-state index contributed by atoms with van der Waals surface area (Å²) >= 11 is 0. The number of aromatic hydroxyl groups is 1. The molecule has 1 aromatic carbocycles. The maximum atomic E-state index is 12.6. The van der Waals surface area contributed by atoms with E-state index < -0.39 is 0 Å². The van der Waals surface area contributed by atoms with Crippen LogP contribution >= 0.6 is 0 Å². The summed E-state index contributed by atoms with van der Waals surface area (Å²) in [5, 5.41) is 9.47. The number of carbonyl (C=O) groups excluding carboxylic acids is 1. The fourth-order valence-electron chi connectivity index (χ4n) is 3.57. The van der Waals surface area contributed by atoms with Crippen LogP contribution in [-0.2, 0) is 0 Å². The van der Waals surface area contributed by atoms with E-state index in [9.17, 15) is 9.90 Å². The fourth-order valence-corrected chi connectivity index (χ4v) is 3.57. The summed E-state index contributed by atoms with van der Waals surface area (Å²) in [6, 6.07) is 5.53. The molecular formula is C17H24N2O2. The number of aryl methyl sites for hydroxylation is 1. The van der Waals surface area contributed by atoms with Gasteiger partial charge in [0, 0.05) is 24.7 Å². The Bertz CT molecular complexity index is 524. The van der Waals surface area contributed by atoms with Gasteiger partial charge in [-0.25, -0.2) is 0 Å². The molecule has 1 aromatic rings. The number of hydrogen-bond donors (Lipinski definition) is 1. The molecule has 4 nitrogen and oxygen atoms in total. The van der Waals surface area contributed by atoms with Gasteiger partial charge in [0.15, 0.2) is 0 Å². The van der Waals surface area contributed by atoms with Crippen molar-refractivity contribution in [2.75, 3.05) is 26.2 Å². The molecule has 1 N–H and O–H groups in total. The van der Waals surface area contributed by atoms with Crippen LogP contribution in [0.25, 0.3) is 0 Å². The summed E-state index contributed by atoms with van der Waals surface area (Å²) in [5.41, 5.74) is 1.56. The van der Waals surface area contributed by atoms with Crippen molar-refractivity contribution in [3.05, 3.63) is 29.3 Å². The molecule has 114 valence electrons. The van der Waals surface area contributed by atoms with Crippen LogP contribution in [0.3, 0.4) is 0 Å². The first-order valence-corrected chi connectivity index (χ1v) is 7.98. The summed E-state index contributed by atoms with van der Waals surface area (Å²) < 4.78 is 0. The lowest BCUT2D eigenvalue weighted by molar-refractivity contribution is 0.0771. The molecule has 0 aliphatic carbocycles. The van der Waals surface area contributed by atoms with Gasteiger partial charge in [-0.2, -0.15) is 0 Å². The minimum absolute atomic E-state index is 0.104. The van der Waals surface area contributed by atoms with Crippen LogP contribution in [0.5, 0.6) is 5.75 Å². The molecule has 2 aliphatic heterocycles. The Hall–Kier alpha value is -1.55. The van der Waals surface area contributed by atoms with Crippen molar-refractivity contribution < 1.29 is 9.90 Å². The first-order chi connectivity index (χ1) is 10.1. The maximum absolute atomic E-state index is 12.6. The molecule has 2 heterocycles. The summed E-state index contributed by atoms with van der Waals surface area (Å²) in [7, 11) is 0. The molecule has 0 radical (unpaired) electrons. The van der Waals surface area contributed by atoms with Crippen LogP contribution in [0, 0.1) is 6.92 Å². The van der Waals surface area contributed by atoms with E-state index in [0.29, 0.717) is 11.6 Å². The van der Waals surface area contributed by atoms with E-state index in [1.807, 2.05) is 11.8 Å². The highest BCUT2D eigenvalue weighted by Gasteiger charge is 2.31. The molecule has 4 heteroatoms. The lowest BCUT2D eigenvalue weighted by Crippen LogP contribution is -2.41. The minimum Gasteiger partial charge on any atom is -0.508 e. The highest BCUT2D eigenvalue weighted by Crippen LogP contribution is 2.23. The van der Waals surface area contributed by atoms with Gasteiger partial charge >= 0.3 is 0 Å². The van der Waals surface area contributed by atoms with E-state index in [4.69, 9.17) is 0 Å². The summed E-state index contributed by atoms with van der Waals surface area (Å²) in [6.45, 7) is 5.94. The van der Waals surface area contributed by atoms with Crippen LogP contribution in [-0.4, -0.2) is 53.0 Å². The number of amides is 1. The first-order valence-electron chi connectivity index (χ1n) is 7.98. The van der Waals surface area contributed by atoms with Gasteiger partial charge in [0.25, 0.3) is 5.91 Å². The summed E-state index contributed by atoms with van der Waals surface area (Å²) in [4.78, 5) is 17.2. The van der Waals surface area contributed by atoms with Gasteiger partial charge < -0.3 is 10.0 Å². The van der Waals surface area contributed by atoms with E-state index >= 15 is 0 Å². The number of hydrogen-bond acceptors (Lipinski definition) is 3. The molecular weight excluding hydrogens is 264 g/mol. The molecule has 0 bridgehead atoms. The Morgan fingerprint density at radius 3 is 2.67 bits per heavy atom. The van der Waals surface area contributed by atoms with E-state index in [1.54, 1.807) is 18.2 Å². The zero-order chi connectivity index (χ0) is 14.8. The smallest absolute Gasteiger partial charge is 0.254 e. The number of nitrogens with zero attached hydrogens (tertiary/aromatic N) is 2. The average molecular weight is 288 g/mol. The summed E-state index contributed by atoms with van der Waals surface area (Å²) in [5.74, 6) is 0.323. The van der Waals surface area contributed by atoms with Crippen molar-refractivity contribution in [3.8, 4) is 5.75 Å². The molecule has 0 saturated carbocycles. The van der Waals surface area contributed by atoms with Gasteiger partial charge in [-0.1, -0.05) is 6.42 Å². The van der Waals surface area contributed by atoms with Crippen molar-refractivity contribution >= 4 is 5.91 Å². The second-order valence-corrected chi connectivity index (χ2v) is 6.29. The normalized spacial score (nSPS) is 23.5. The SMILES string of the molecule is Cc1cc(O)ccc1C(=O)N1CCC(N2CCCCC2)C1. The van der Waals surface area contributed by atoms with Crippen LogP contribution in [0.4, 0.5) is 0 Å². The van der Waals surface area contributed by atoms with Crippen molar-refractivity contribution in [3.63, 3.8) is 0 Å². The number of carbonyl (C=O) groups is 1. The van der Waals surface area contributed by atoms with E-state index in [-0.39, 0.29) is 11.7 Å². The molecule has 2 fully saturated rings. The van der Waals surface area contributed by atoms with Gasteiger partial charge in [0.05, 0.1) is 0 Å². The third-order valence-corrected chi connectivity index (χ3v) is 4.80. The predicted octanol–water partition coefficient (Wildman–Crippen LogP) is 2.40. The molecule has 21 heavy (non-hydrogen) atoms. The van der Waals surface area contributed by atoms with Crippen molar-refractivity contribution in [2.45, 2.75) is 38.6 Å². The highest BCUT2D eigenvalue weighted by molar-refractivity contribution is 5.96. The Morgan fingerprint density at radius 1 is 1.19 bits per heavy atom. The molecule has 2 aliphatic rings. The van der Waals surface area contributed by atoms with E-state index in [1.165, 1.54) is 32.4 Å². The Labute approximate surface area is 126 Å². The molecule has 1 unspecified atom stereocenters. The molecule has 1 amide bonds. The van der Waals surface area contributed by atoms with Crippen LogP contribution < -0.4 is 0 Å². The minimum atomic E-state index is 0.104. The topological polar surface area (TPSA) is 43.8 Å². The van der Waals surface area contributed by atoms with Crippen LogP contribution in [0.15, 0.2) is 18.2 Å². The van der Waals surface area contributed by atoms with Gasteiger partial charge in [0.2, 0.25) is 0 Å². The van der Waals surface area contributed by atoms with Crippen LogP contribution in [0.2, 0.25) is 0 Å². The second kappa shape index (κ2) is 6.06. The number of benzene rings is 1. The van der Waals surface area contributed by atoms with Gasteiger partial charge in [-0.15, -0.1) is 0 Å². The monoisotopic (exact) mass is 288 g/mol. The molecule has 1 atom stereocenters. The highest BCUT2D eigenvalue weighted by atomic mass is 16.3. The summed E-state index contributed by atoms with van der Waals surface area (Å²) in [6.07, 6.45) is 5.02. The second-order valence-electron chi connectivity index (χ2n) is 6.29. The standard InChI is InChI=1S/C17H24N2O2/c1-13-11-15(20)5-6-16(13)17(21)19-10-7-14(12-19)18-8-3-2-4-9-18/h5-6,11,14,20H,2-4,7-10,12H2,1H3. The number of piperidine rings is 1. The third kappa shape index (κ3) is 3.05. The molecule has 2 saturated heterocycles. The number of phenols is 1. The molecule has 0 spiro atoms. The molecule has 0 aromatic heterocycles. The Balaban J connectivity index is 1.66. The van der Waals surface area contributed by atoms with Crippen molar-refractivity contribution in [2.24, 2.45) is 0 Å². The lowest BCUT2D eigenvalue weighted by Gasteiger charge is -2.32. The first kappa shape index (κ1) is 14.4.